The average molecular weight is 271 g/mol. The summed E-state index contributed by atoms with van der Waals surface area (Å²) in [6, 6.07) is 8.46. The first-order valence-corrected chi connectivity index (χ1v) is 6.48. The van der Waals surface area contributed by atoms with Crippen LogP contribution in [-0.4, -0.2) is 0 Å². The Hall–Kier alpha value is -1.54. The van der Waals surface area contributed by atoms with Crippen molar-refractivity contribution >= 4 is 20.6 Å². The van der Waals surface area contributed by atoms with E-state index in [2.05, 4.69) is 0 Å². The normalized spacial score (nSPS) is 12.3. The Morgan fingerprint density at radius 1 is 1.17 bits per heavy atom. The molecular weight excluding hydrogens is 259 g/mol. The number of rotatable bonds is 1. The molecule has 18 heavy (non-hydrogen) atoms. The fourth-order valence-electron chi connectivity index (χ4n) is 1.79. The lowest BCUT2D eigenvalue weighted by molar-refractivity contribution is -0.0868. The van der Waals surface area contributed by atoms with Gasteiger partial charge in [-0.05, 0) is 12.1 Å². The van der Waals surface area contributed by atoms with Crippen LogP contribution in [0.3, 0.4) is 0 Å². The van der Waals surface area contributed by atoms with Crippen LogP contribution >= 0.6 is 10.5 Å². The molecule has 2 rings (SSSR count). The number of hydrogen-bond donors (Lipinski definition) is 0. The number of halogens is 3. The van der Waals surface area contributed by atoms with E-state index in [0.717, 1.165) is 0 Å². The molecule has 1 unspecified atom stereocenters. The molecule has 0 aliphatic heterocycles. The molecule has 1 heterocycles. The molecule has 0 aliphatic carbocycles. The van der Waals surface area contributed by atoms with Crippen molar-refractivity contribution in [2.75, 3.05) is 0 Å². The van der Waals surface area contributed by atoms with Gasteiger partial charge in [-0.3, -0.25) is 0 Å². The average Bonchev–Trinajstić information content (AvgIpc) is 2.70. The number of thiophene rings is 1. The van der Waals surface area contributed by atoms with Crippen LogP contribution in [0.2, 0.25) is 0 Å². The number of fused-ring (bicyclic) bond motifs is 1. The highest BCUT2D eigenvalue weighted by atomic mass is 32.2. The highest BCUT2D eigenvalue weighted by Gasteiger charge is 2.48. The molecule has 1 atom stereocenters. The van der Waals surface area contributed by atoms with Crippen molar-refractivity contribution in [3.05, 3.63) is 41.8 Å². The van der Waals surface area contributed by atoms with Crippen LogP contribution in [-0.2, 0) is 5.51 Å². The number of alkyl halides is 3. The molecule has 0 bridgehead atoms. The summed E-state index contributed by atoms with van der Waals surface area (Å²) in [7, 11) is -1.73. The van der Waals surface area contributed by atoms with Crippen LogP contribution in [0, 0.1) is 11.8 Å². The second-order valence-corrected chi connectivity index (χ2v) is 5.98. The first-order valence-electron chi connectivity index (χ1n) is 5.25. The zero-order valence-corrected chi connectivity index (χ0v) is 10.8. The number of benzene rings is 1. The summed E-state index contributed by atoms with van der Waals surface area (Å²) in [5.41, 5.74) is -4.16. The Labute approximate surface area is 106 Å². The molecule has 0 N–H and O–H groups in total. The van der Waals surface area contributed by atoms with E-state index >= 15 is 0 Å². The lowest BCUT2D eigenvalue weighted by Gasteiger charge is -2.01. The monoisotopic (exact) mass is 271 g/mol. The van der Waals surface area contributed by atoms with Crippen molar-refractivity contribution in [3.63, 3.8) is 0 Å². The zero-order chi connectivity index (χ0) is 13.9. The maximum atomic E-state index is 13.0. The molecule has 0 radical (unpaired) electrons. The Bertz CT molecular complexity index is 552. The van der Waals surface area contributed by atoms with Gasteiger partial charge in [-0.2, -0.15) is 0 Å². The molecule has 5 heteroatoms. The van der Waals surface area contributed by atoms with Gasteiger partial charge in [0.25, 0.3) is 0 Å². The van der Waals surface area contributed by atoms with E-state index in [4.69, 9.17) is 11.8 Å². The van der Waals surface area contributed by atoms with Crippen molar-refractivity contribution in [1.82, 2.24) is 0 Å². The van der Waals surface area contributed by atoms with Gasteiger partial charge in [-0.25, -0.2) is 0 Å². The molecule has 0 spiro atoms. The smallest absolute Gasteiger partial charge is 0.512 e. The molecule has 1 nitrogen and oxygen atoms in total. The van der Waals surface area contributed by atoms with Crippen molar-refractivity contribution in [2.24, 2.45) is 0 Å². The summed E-state index contributed by atoms with van der Waals surface area (Å²) in [6.45, 7) is 8.37. The van der Waals surface area contributed by atoms with E-state index in [0.29, 0.717) is 15.0 Å². The maximum absolute atomic E-state index is 13.0. The lowest BCUT2D eigenvalue weighted by atomic mass is 10.1. The van der Waals surface area contributed by atoms with Gasteiger partial charge in [0.15, 0.2) is 9.58 Å². The Morgan fingerprint density at radius 3 is 2.22 bits per heavy atom. The minimum atomic E-state index is -4.16. The number of nitrogens with zero attached hydrogens (tertiary/aromatic N) is 1. The summed E-state index contributed by atoms with van der Waals surface area (Å²) in [4.78, 5) is 0.494. The Morgan fingerprint density at radius 2 is 1.72 bits per heavy atom. The first-order chi connectivity index (χ1) is 8.41. The molecule has 0 aliphatic rings. The molecule has 0 saturated heterocycles. The van der Waals surface area contributed by atoms with E-state index in [-0.39, 0.29) is 5.92 Å². The SMILES string of the molecule is CC(C)c1cc2ccccc2[s+]1C(F)(F)F.[C-]#N. The van der Waals surface area contributed by atoms with Gasteiger partial charge in [0.05, 0.1) is 10.5 Å². The second-order valence-electron chi connectivity index (χ2n) is 3.99. The van der Waals surface area contributed by atoms with Crippen molar-refractivity contribution in [2.45, 2.75) is 25.3 Å². The van der Waals surface area contributed by atoms with Gasteiger partial charge in [0.2, 0.25) is 0 Å². The minimum Gasteiger partial charge on any atom is -0.512 e. The molecule has 0 saturated carbocycles. The Balaban J connectivity index is 0.000000771. The van der Waals surface area contributed by atoms with E-state index in [1.807, 2.05) is 13.8 Å². The van der Waals surface area contributed by atoms with Gasteiger partial charge in [-0.15, -0.1) is 13.2 Å². The number of hydrogen-bond acceptors (Lipinski definition) is 1. The van der Waals surface area contributed by atoms with Gasteiger partial charge in [-0.1, -0.05) is 26.0 Å². The second kappa shape index (κ2) is 5.40. The summed E-state index contributed by atoms with van der Waals surface area (Å²) >= 11 is 0. The van der Waals surface area contributed by atoms with E-state index in [9.17, 15) is 13.2 Å². The van der Waals surface area contributed by atoms with Gasteiger partial charge in [0, 0.05) is 17.4 Å². The fraction of sp³-hybridized carbons (Fsp3) is 0.308. The largest absolute Gasteiger partial charge is 0.600 e. The van der Waals surface area contributed by atoms with Crippen molar-refractivity contribution < 1.29 is 13.2 Å². The van der Waals surface area contributed by atoms with Crippen LogP contribution in [0.15, 0.2) is 30.3 Å². The van der Waals surface area contributed by atoms with Gasteiger partial charge >= 0.3 is 5.51 Å². The molecule has 96 valence electrons. The summed E-state index contributed by atoms with van der Waals surface area (Å²) < 4.78 is 39.5. The van der Waals surface area contributed by atoms with Crippen molar-refractivity contribution in [1.29, 1.82) is 5.26 Å². The highest BCUT2D eigenvalue weighted by molar-refractivity contribution is 7.38. The third-order valence-corrected chi connectivity index (χ3v) is 4.81. The third-order valence-electron chi connectivity index (χ3n) is 2.47. The highest BCUT2D eigenvalue weighted by Crippen LogP contribution is 2.52. The molecular formula is C13H12F3NS. The summed E-state index contributed by atoms with van der Waals surface area (Å²) in [5, 5.41) is 6.96. The van der Waals surface area contributed by atoms with Crippen molar-refractivity contribution in [3.8, 4) is 0 Å². The summed E-state index contributed by atoms with van der Waals surface area (Å²) in [6.07, 6.45) is 0. The van der Waals surface area contributed by atoms with Gasteiger partial charge < -0.3 is 11.8 Å². The lowest BCUT2D eigenvalue weighted by Crippen LogP contribution is -1.99. The van der Waals surface area contributed by atoms with Gasteiger partial charge in [0.1, 0.15) is 0 Å². The van der Waals surface area contributed by atoms with E-state index < -0.39 is 16.0 Å². The van der Waals surface area contributed by atoms with Crippen LogP contribution in [0.1, 0.15) is 24.6 Å². The topological polar surface area (TPSA) is 23.8 Å². The van der Waals surface area contributed by atoms with E-state index in [1.165, 1.54) is 0 Å². The Kier molecular flexibility index (Phi) is 4.36. The predicted molar refractivity (Wildman–Crippen MR) is 66.8 cm³/mol. The summed E-state index contributed by atoms with van der Waals surface area (Å²) in [5.74, 6) is -0.0719. The van der Waals surface area contributed by atoms with Crippen LogP contribution in [0.4, 0.5) is 13.2 Å². The maximum Gasteiger partial charge on any atom is 0.600 e. The zero-order valence-electron chi connectivity index (χ0n) is 9.95. The van der Waals surface area contributed by atoms with Crippen LogP contribution < -0.4 is 0 Å². The van der Waals surface area contributed by atoms with E-state index in [1.54, 1.807) is 30.3 Å². The standard InChI is InChI=1S/C12H12F3S.CN/c1-8(2)11-7-9-5-3-4-6-10(9)16(11)12(13,14)15;1-2/h3-8H,1-2H3;/q+1;-1. The first kappa shape index (κ1) is 14.5. The molecule has 1 aromatic heterocycles. The quantitative estimate of drug-likeness (QED) is 0.511. The van der Waals surface area contributed by atoms with Crippen LogP contribution in [0.5, 0.6) is 0 Å². The molecule has 0 fully saturated rings. The molecule has 1 aromatic carbocycles. The predicted octanol–water partition coefficient (Wildman–Crippen LogP) is 5.28. The van der Waals surface area contributed by atoms with Crippen LogP contribution in [0.25, 0.3) is 10.1 Å². The minimum absolute atomic E-state index is 0.0719. The molecule has 0 amide bonds. The third kappa shape index (κ3) is 2.65. The molecule has 2 aromatic rings. The fourth-order valence-corrected chi connectivity index (χ4v) is 3.85.